The molecule has 1 fully saturated rings. The van der Waals surface area contributed by atoms with Gasteiger partial charge in [0, 0.05) is 17.6 Å². The zero-order valence-electron chi connectivity index (χ0n) is 10.1. The fourth-order valence-corrected chi connectivity index (χ4v) is 2.29. The van der Waals surface area contributed by atoms with Gasteiger partial charge in [0.2, 0.25) is 0 Å². The van der Waals surface area contributed by atoms with Gasteiger partial charge in [-0.15, -0.1) is 0 Å². The molecule has 2 nitrogen and oxygen atoms in total. The van der Waals surface area contributed by atoms with Gasteiger partial charge in [0.1, 0.15) is 0 Å². The van der Waals surface area contributed by atoms with E-state index >= 15 is 0 Å². The fraction of sp³-hybridized carbons (Fsp3) is 0.500. The van der Waals surface area contributed by atoms with Crippen molar-refractivity contribution >= 4 is 15.9 Å². The highest BCUT2D eigenvalue weighted by Gasteiger charge is 2.43. The molecule has 0 radical (unpaired) electrons. The molecule has 17 heavy (non-hydrogen) atoms. The lowest BCUT2D eigenvalue weighted by Gasteiger charge is -2.19. The fourth-order valence-electron chi connectivity index (χ4n) is 2.02. The van der Waals surface area contributed by atoms with E-state index in [4.69, 9.17) is 5.26 Å². The summed E-state index contributed by atoms with van der Waals surface area (Å²) in [4.78, 5) is 2.28. The number of likely N-dealkylation sites (N-methyl/N-ethyl adjacent to an activating group) is 1. The molecular formula is C14H17BrN2. The number of hydrogen-bond donors (Lipinski definition) is 0. The zero-order chi connectivity index (χ0) is 12.3. The first-order valence-corrected chi connectivity index (χ1v) is 6.77. The van der Waals surface area contributed by atoms with Crippen LogP contribution in [0.2, 0.25) is 0 Å². The maximum atomic E-state index is 9.04. The van der Waals surface area contributed by atoms with Crippen molar-refractivity contribution in [1.29, 1.82) is 5.26 Å². The van der Waals surface area contributed by atoms with Crippen molar-refractivity contribution in [3.05, 3.63) is 34.3 Å². The quantitative estimate of drug-likeness (QED) is 0.833. The van der Waals surface area contributed by atoms with Crippen LogP contribution in [0.5, 0.6) is 0 Å². The van der Waals surface area contributed by atoms with Gasteiger partial charge >= 0.3 is 0 Å². The average Bonchev–Trinajstić information content (AvgIpc) is 3.09. The summed E-state index contributed by atoms with van der Waals surface area (Å²) in [7, 11) is 2.11. The Morgan fingerprint density at radius 1 is 1.35 bits per heavy atom. The first-order chi connectivity index (χ1) is 8.13. The summed E-state index contributed by atoms with van der Waals surface area (Å²) in [6, 6.07) is 10.9. The summed E-state index contributed by atoms with van der Waals surface area (Å²) in [6.07, 6.45) is 3.20. The van der Waals surface area contributed by atoms with E-state index in [0.29, 0.717) is 0 Å². The average molecular weight is 293 g/mol. The van der Waals surface area contributed by atoms with Crippen LogP contribution in [0.15, 0.2) is 28.7 Å². The number of nitrogens with zero attached hydrogens (tertiary/aromatic N) is 2. The molecule has 0 aromatic heterocycles. The highest BCUT2D eigenvalue weighted by Crippen LogP contribution is 2.45. The van der Waals surface area contributed by atoms with E-state index in [-0.39, 0.29) is 5.41 Å². The third-order valence-corrected chi connectivity index (χ3v) is 3.89. The minimum Gasteiger partial charge on any atom is -0.304 e. The number of hydrogen-bond acceptors (Lipinski definition) is 2. The van der Waals surface area contributed by atoms with E-state index in [1.54, 1.807) is 0 Å². The van der Waals surface area contributed by atoms with Crippen LogP contribution in [0.1, 0.15) is 18.4 Å². The molecule has 0 heterocycles. The van der Waals surface area contributed by atoms with Crippen molar-refractivity contribution in [2.45, 2.75) is 19.3 Å². The predicted octanol–water partition coefficient (Wildman–Crippen LogP) is 3.23. The summed E-state index contributed by atoms with van der Waals surface area (Å²) in [5, 5.41) is 9.04. The van der Waals surface area contributed by atoms with Crippen molar-refractivity contribution in [1.82, 2.24) is 4.90 Å². The monoisotopic (exact) mass is 292 g/mol. The van der Waals surface area contributed by atoms with Gasteiger partial charge in [-0.1, -0.05) is 28.1 Å². The third kappa shape index (κ3) is 3.55. The Balaban J connectivity index is 1.78. The van der Waals surface area contributed by atoms with Gasteiger partial charge in [0.05, 0.1) is 11.5 Å². The van der Waals surface area contributed by atoms with E-state index in [0.717, 1.165) is 36.8 Å². The van der Waals surface area contributed by atoms with Gasteiger partial charge in [-0.05, 0) is 44.0 Å². The van der Waals surface area contributed by atoms with Crippen molar-refractivity contribution in [2.24, 2.45) is 5.41 Å². The molecule has 2 rings (SSSR count). The van der Waals surface area contributed by atoms with Crippen LogP contribution in [-0.4, -0.2) is 25.0 Å². The van der Waals surface area contributed by atoms with Gasteiger partial charge < -0.3 is 4.90 Å². The van der Waals surface area contributed by atoms with Gasteiger partial charge in [-0.3, -0.25) is 0 Å². The molecule has 0 spiro atoms. The van der Waals surface area contributed by atoms with Crippen LogP contribution in [0, 0.1) is 16.7 Å². The molecule has 1 aliphatic carbocycles. The molecule has 1 aromatic carbocycles. The van der Waals surface area contributed by atoms with Gasteiger partial charge in [0.15, 0.2) is 0 Å². The van der Waals surface area contributed by atoms with E-state index in [9.17, 15) is 0 Å². The normalized spacial score (nSPS) is 16.8. The Labute approximate surface area is 111 Å². The smallest absolute Gasteiger partial charge is 0.0703 e. The van der Waals surface area contributed by atoms with Crippen LogP contribution in [-0.2, 0) is 6.42 Å². The first-order valence-electron chi connectivity index (χ1n) is 5.98. The predicted molar refractivity (Wildman–Crippen MR) is 72.6 cm³/mol. The van der Waals surface area contributed by atoms with Crippen molar-refractivity contribution in [3.8, 4) is 6.07 Å². The molecule has 0 aliphatic heterocycles. The minimum atomic E-state index is -0.0194. The number of nitriles is 1. The summed E-state index contributed by atoms with van der Waals surface area (Å²) >= 11 is 3.44. The van der Waals surface area contributed by atoms with Crippen molar-refractivity contribution in [2.75, 3.05) is 20.1 Å². The Morgan fingerprint density at radius 2 is 2.00 bits per heavy atom. The first kappa shape index (κ1) is 12.6. The summed E-state index contributed by atoms with van der Waals surface area (Å²) in [5.41, 5.74) is 1.33. The van der Waals surface area contributed by atoms with Gasteiger partial charge in [-0.2, -0.15) is 5.26 Å². The van der Waals surface area contributed by atoms with Gasteiger partial charge in [0.25, 0.3) is 0 Å². The molecule has 0 bridgehead atoms. The molecule has 0 unspecified atom stereocenters. The molecule has 0 N–H and O–H groups in total. The number of halogens is 1. The van der Waals surface area contributed by atoms with Crippen LogP contribution < -0.4 is 0 Å². The van der Waals surface area contributed by atoms with E-state index < -0.39 is 0 Å². The Kier molecular flexibility index (Phi) is 3.86. The molecule has 3 heteroatoms. The second kappa shape index (κ2) is 5.20. The Bertz CT molecular complexity index is 415. The standard InChI is InChI=1S/C14H17BrN2/c1-17(11-14(10-16)7-8-14)9-6-12-2-4-13(15)5-3-12/h2-5H,6-9,11H2,1H3. The lowest BCUT2D eigenvalue weighted by molar-refractivity contribution is 0.297. The number of benzene rings is 1. The largest absolute Gasteiger partial charge is 0.304 e. The molecule has 0 atom stereocenters. The summed E-state index contributed by atoms with van der Waals surface area (Å²) < 4.78 is 1.12. The molecule has 1 aliphatic rings. The minimum absolute atomic E-state index is 0.0194. The van der Waals surface area contributed by atoms with Crippen LogP contribution in [0.3, 0.4) is 0 Å². The zero-order valence-corrected chi connectivity index (χ0v) is 11.7. The summed E-state index contributed by atoms with van der Waals surface area (Å²) in [5.74, 6) is 0. The molecule has 90 valence electrons. The highest BCUT2D eigenvalue weighted by molar-refractivity contribution is 9.10. The number of rotatable bonds is 5. The second-order valence-electron chi connectivity index (χ2n) is 5.01. The molecule has 0 amide bonds. The summed E-state index contributed by atoms with van der Waals surface area (Å²) in [6.45, 7) is 1.94. The van der Waals surface area contributed by atoms with E-state index in [1.807, 2.05) is 0 Å². The van der Waals surface area contributed by atoms with E-state index in [1.165, 1.54) is 5.56 Å². The van der Waals surface area contributed by atoms with Crippen LogP contribution >= 0.6 is 15.9 Å². The Hall–Kier alpha value is -0.850. The molecule has 0 saturated heterocycles. The van der Waals surface area contributed by atoms with Crippen molar-refractivity contribution < 1.29 is 0 Å². The third-order valence-electron chi connectivity index (χ3n) is 3.36. The molecule has 1 saturated carbocycles. The Morgan fingerprint density at radius 3 is 2.53 bits per heavy atom. The highest BCUT2D eigenvalue weighted by atomic mass is 79.9. The maximum absolute atomic E-state index is 9.04. The van der Waals surface area contributed by atoms with Crippen LogP contribution in [0.4, 0.5) is 0 Å². The topological polar surface area (TPSA) is 27.0 Å². The van der Waals surface area contributed by atoms with E-state index in [2.05, 4.69) is 58.2 Å². The molecule has 1 aromatic rings. The molecular weight excluding hydrogens is 276 g/mol. The maximum Gasteiger partial charge on any atom is 0.0703 e. The van der Waals surface area contributed by atoms with Crippen LogP contribution in [0.25, 0.3) is 0 Å². The lowest BCUT2D eigenvalue weighted by Crippen LogP contribution is -2.28. The second-order valence-corrected chi connectivity index (χ2v) is 5.92. The lowest BCUT2D eigenvalue weighted by atomic mass is 10.1. The SMILES string of the molecule is CN(CCc1ccc(Br)cc1)CC1(C#N)CC1. The van der Waals surface area contributed by atoms with Crippen molar-refractivity contribution in [3.63, 3.8) is 0 Å². The van der Waals surface area contributed by atoms with Gasteiger partial charge in [-0.25, -0.2) is 0 Å².